The Labute approximate surface area is 103 Å². The molecule has 1 aromatic rings. The summed E-state index contributed by atoms with van der Waals surface area (Å²) in [5.41, 5.74) is 0.769. The molecule has 0 amide bonds. The Morgan fingerprint density at radius 2 is 2.00 bits per heavy atom. The third-order valence-electron chi connectivity index (χ3n) is 1.66. The minimum absolute atomic E-state index is 0.0854. The van der Waals surface area contributed by atoms with Crippen LogP contribution in [0.25, 0.3) is 0 Å². The van der Waals surface area contributed by atoms with Gasteiger partial charge in [0.1, 0.15) is 10.1 Å². The van der Waals surface area contributed by atoms with Gasteiger partial charge in [-0.05, 0) is 24.3 Å². The summed E-state index contributed by atoms with van der Waals surface area (Å²) < 4.78 is 0.520. The van der Waals surface area contributed by atoms with Crippen LogP contribution >= 0.6 is 24.0 Å². The summed E-state index contributed by atoms with van der Waals surface area (Å²) >= 11 is 6.30. The van der Waals surface area contributed by atoms with Gasteiger partial charge in [0, 0.05) is 11.4 Å². The Kier molecular flexibility index (Phi) is 5.07. The Bertz CT molecular complexity index is 378. The molecule has 0 aliphatic heterocycles. The fourth-order valence-electron chi connectivity index (χ4n) is 0.930. The maximum Gasteiger partial charge on any atom is 0.304 e. The molecule has 0 aromatic heterocycles. The first kappa shape index (κ1) is 12.8. The van der Waals surface area contributed by atoms with E-state index in [0.717, 1.165) is 5.69 Å². The van der Waals surface area contributed by atoms with Crippen LogP contribution in [0.2, 0.25) is 0 Å². The lowest BCUT2D eigenvalue weighted by Crippen LogP contribution is -2.06. The number of aliphatic carboxylic acids is 1. The maximum atomic E-state index is 10.3. The largest absolute Gasteiger partial charge is 0.508 e. The van der Waals surface area contributed by atoms with E-state index >= 15 is 0 Å². The van der Waals surface area contributed by atoms with Gasteiger partial charge in [0.15, 0.2) is 0 Å². The van der Waals surface area contributed by atoms with Crippen LogP contribution < -0.4 is 5.32 Å². The number of rotatable bonds is 4. The second kappa shape index (κ2) is 6.34. The van der Waals surface area contributed by atoms with Gasteiger partial charge < -0.3 is 15.5 Å². The zero-order valence-electron chi connectivity index (χ0n) is 8.34. The van der Waals surface area contributed by atoms with Crippen LogP contribution in [0.5, 0.6) is 5.75 Å². The molecule has 0 heterocycles. The molecule has 0 aliphatic rings. The maximum absolute atomic E-state index is 10.3. The number of carbonyl (C=O) groups is 1. The average molecular weight is 257 g/mol. The first-order valence-corrected chi connectivity index (χ1v) is 5.92. The minimum Gasteiger partial charge on any atom is -0.508 e. The summed E-state index contributed by atoms with van der Waals surface area (Å²) in [6.45, 7) is 0. The van der Waals surface area contributed by atoms with Crippen molar-refractivity contribution in [1.82, 2.24) is 0 Å². The van der Waals surface area contributed by atoms with Crippen LogP contribution in [0.1, 0.15) is 6.42 Å². The highest BCUT2D eigenvalue weighted by Gasteiger charge is 2.01. The molecule has 0 bridgehead atoms. The molecule has 86 valence electrons. The lowest BCUT2D eigenvalue weighted by Gasteiger charge is -2.06. The molecular formula is C10H11NO3S2. The predicted molar refractivity (Wildman–Crippen MR) is 69.0 cm³/mol. The number of benzene rings is 1. The van der Waals surface area contributed by atoms with Crippen molar-refractivity contribution in [2.75, 3.05) is 11.1 Å². The fraction of sp³-hybridized carbons (Fsp3) is 0.200. The summed E-state index contributed by atoms with van der Waals surface area (Å²) in [5, 5.41) is 20.4. The van der Waals surface area contributed by atoms with E-state index < -0.39 is 5.97 Å². The predicted octanol–water partition coefficient (Wildman–Crippen LogP) is 2.30. The van der Waals surface area contributed by atoms with Crippen molar-refractivity contribution in [2.45, 2.75) is 6.42 Å². The Morgan fingerprint density at radius 1 is 1.38 bits per heavy atom. The third kappa shape index (κ3) is 4.99. The molecule has 6 heteroatoms. The summed E-state index contributed by atoms with van der Waals surface area (Å²) in [4.78, 5) is 10.3. The SMILES string of the molecule is O=C(O)CCSC(=S)Nc1ccc(O)cc1. The van der Waals surface area contributed by atoms with Gasteiger partial charge in [-0.3, -0.25) is 4.79 Å². The first-order valence-electron chi connectivity index (χ1n) is 4.52. The van der Waals surface area contributed by atoms with Crippen molar-refractivity contribution >= 4 is 40.0 Å². The molecule has 0 saturated carbocycles. The van der Waals surface area contributed by atoms with Crippen molar-refractivity contribution in [3.8, 4) is 5.75 Å². The van der Waals surface area contributed by atoms with E-state index in [1.54, 1.807) is 24.3 Å². The van der Waals surface area contributed by atoms with Gasteiger partial charge in [0.2, 0.25) is 0 Å². The molecule has 4 nitrogen and oxygen atoms in total. The van der Waals surface area contributed by atoms with Crippen molar-refractivity contribution < 1.29 is 15.0 Å². The zero-order valence-corrected chi connectivity index (χ0v) is 9.98. The van der Waals surface area contributed by atoms with Gasteiger partial charge in [-0.1, -0.05) is 24.0 Å². The highest BCUT2D eigenvalue weighted by Crippen LogP contribution is 2.16. The Balaban J connectivity index is 2.34. The summed E-state index contributed by atoms with van der Waals surface area (Å²) in [5.74, 6) is -0.200. The van der Waals surface area contributed by atoms with Crippen LogP contribution in [-0.4, -0.2) is 26.3 Å². The number of aromatic hydroxyl groups is 1. The van der Waals surface area contributed by atoms with E-state index in [-0.39, 0.29) is 12.2 Å². The van der Waals surface area contributed by atoms with E-state index in [1.165, 1.54) is 11.8 Å². The van der Waals surface area contributed by atoms with Crippen LogP contribution in [0.3, 0.4) is 0 Å². The number of phenols is 1. The lowest BCUT2D eigenvalue weighted by molar-refractivity contribution is -0.136. The van der Waals surface area contributed by atoms with Crippen LogP contribution in [0.4, 0.5) is 5.69 Å². The number of hydrogen-bond donors (Lipinski definition) is 3. The molecule has 0 aliphatic carbocycles. The summed E-state index contributed by atoms with van der Waals surface area (Å²) in [6, 6.07) is 6.48. The first-order chi connectivity index (χ1) is 7.58. The Morgan fingerprint density at radius 3 is 2.56 bits per heavy atom. The number of phenolic OH excluding ortho intramolecular Hbond substituents is 1. The summed E-state index contributed by atoms with van der Waals surface area (Å²) in [6.07, 6.45) is 0.0854. The van der Waals surface area contributed by atoms with Gasteiger partial charge in [0.25, 0.3) is 0 Å². The van der Waals surface area contributed by atoms with Crippen LogP contribution in [0.15, 0.2) is 24.3 Å². The van der Waals surface area contributed by atoms with Crippen molar-refractivity contribution in [3.05, 3.63) is 24.3 Å². The number of hydrogen-bond acceptors (Lipinski definition) is 4. The number of anilines is 1. The van der Waals surface area contributed by atoms with Crippen LogP contribution in [-0.2, 0) is 4.79 Å². The minimum atomic E-state index is -0.833. The molecule has 0 fully saturated rings. The normalized spacial score (nSPS) is 9.75. The van der Waals surface area contributed by atoms with E-state index in [4.69, 9.17) is 22.4 Å². The van der Waals surface area contributed by atoms with Gasteiger partial charge >= 0.3 is 5.97 Å². The van der Waals surface area contributed by atoms with Gasteiger partial charge in [0.05, 0.1) is 6.42 Å². The Hall–Kier alpha value is -1.27. The molecule has 3 N–H and O–H groups in total. The molecule has 1 rings (SSSR count). The monoisotopic (exact) mass is 257 g/mol. The van der Waals surface area contributed by atoms with E-state index in [2.05, 4.69) is 5.32 Å². The molecule has 0 spiro atoms. The van der Waals surface area contributed by atoms with Crippen molar-refractivity contribution in [2.24, 2.45) is 0 Å². The molecule has 0 saturated heterocycles. The smallest absolute Gasteiger partial charge is 0.304 e. The molecule has 16 heavy (non-hydrogen) atoms. The lowest BCUT2D eigenvalue weighted by atomic mass is 10.3. The number of carboxylic acids is 1. The molecule has 1 aromatic carbocycles. The average Bonchev–Trinajstić information content (AvgIpc) is 2.21. The standard InChI is InChI=1S/C10H11NO3S2/c12-8-3-1-7(2-4-8)11-10(15)16-6-5-9(13)14/h1-4,12H,5-6H2,(H,11,15)(H,13,14). The van der Waals surface area contributed by atoms with Crippen LogP contribution in [0, 0.1) is 0 Å². The van der Waals surface area contributed by atoms with Gasteiger partial charge in [-0.15, -0.1) is 0 Å². The molecule has 0 atom stereocenters. The van der Waals surface area contributed by atoms with E-state index in [1.807, 2.05) is 0 Å². The number of thioether (sulfide) groups is 1. The second-order valence-corrected chi connectivity index (χ2v) is 4.72. The van der Waals surface area contributed by atoms with Crippen molar-refractivity contribution in [3.63, 3.8) is 0 Å². The van der Waals surface area contributed by atoms with E-state index in [9.17, 15) is 4.79 Å². The second-order valence-electron chi connectivity index (χ2n) is 2.95. The van der Waals surface area contributed by atoms with Gasteiger partial charge in [-0.2, -0.15) is 0 Å². The molecule has 0 radical (unpaired) electrons. The zero-order chi connectivity index (χ0) is 12.0. The topological polar surface area (TPSA) is 69.6 Å². The van der Waals surface area contributed by atoms with Crippen molar-refractivity contribution in [1.29, 1.82) is 0 Å². The highest BCUT2D eigenvalue weighted by atomic mass is 32.2. The summed E-state index contributed by atoms with van der Waals surface area (Å²) in [7, 11) is 0. The highest BCUT2D eigenvalue weighted by molar-refractivity contribution is 8.23. The van der Waals surface area contributed by atoms with E-state index in [0.29, 0.717) is 10.1 Å². The van der Waals surface area contributed by atoms with Gasteiger partial charge in [-0.25, -0.2) is 0 Å². The number of thiocarbonyl (C=S) groups is 1. The third-order valence-corrected chi connectivity index (χ3v) is 2.89. The quantitative estimate of drug-likeness (QED) is 0.568. The molecular weight excluding hydrogens is 246 g/mol. The fourth-order valence-corrected chi connectivity index (χ4v) is 1.95. The molecule has 0 unspecified atom stereocenters. The number of carboxylic acid groups (broad SMARTS) is 1. The number of nitrogens with one attached hydrogen (secondary N) is 1.